The fourth-order valence-electron chi connectivity index (χ4n) is 3.19. The summed E-state index contributed by atoms with van der Waals surface area (Å²) >= 11 is 0. The van der Waals surface area contributed by atoms with Crippen LogP contribution in [-0.2, 0) is 11.2 Å². The van der Waals surface area contributed by atoms with E-state index in [1.54, 1.807) is 18.2 Å². The number of para-hydroxylation sites is 2. The quantitative estimate of drug-likeness (QED) is 0.806. The Morgan fingerprint density at radius 3 is 2.79 bits per heavy atom. The molecule has 2 aliphatic heterocycles. The van der Waals surface area contributed by atoms with Gasteiger partial charge in [-0.15, -0.1) is 0 Å². The van der Waals surface area contributed by atoms with Crippen molar-refractivity contribution in [1.29, 1.82) is 0 Å². The van der Waals surface area contributed by atoms with Crippen molar-refractivity contribution in [2.45, 2.75) is 18.9 Å². The van der Waals surface area contributed by atoms with E-state index in [2.05, 4.69) is 0 Å². The van der Waals surface area contributed by atoms with Crippen LogP contribution in [0.1, 0.15) is 12.0 Å². The van der Waals surface area contributed by atoms with Crippen molar-refractivity contribution in [2.75, 3.05) is 18.1 Å². The predicted octanol–water partition coefficient (Wildman–Crippen LogP) is 3.08. The van der Waals surface area contributed by atoms with Gasteiger partial charge in [-0.25, -0.2) is 8.78 Å². The molecule has 0 aromatic heterocycles. The number of ether oxygens (including phenoxy) is 2. The van der Waals surface area contributed by atoms with E-state index >= 15 is 0 Å². The molecule has 0 fully saturated rings. The van der Waals surface area contributed by atoms with Crippen molar-refractivity contribution in [3.63, 3.8) is 0 Å². The minimum atomic E-state index is -0.852. The first-order valence-corrected chi connectivity index (χ1v) is 7.81. The molecule has 0 saturated carbocycles. The average Bonchev–Trinajstić information content (AvgIpc) is 2.60. The lowest BCUT2D eigenvalue weighted by atomic mass is 10.0. The fraction of sp³-hybridized carbons (Fsp3) is 0.278. The van der Waals surface area contributed by atoms with Crippen LogP contribution in [0.3, 0.4) is 0 Å². The normalized spacial score (nSPS) is 18.9. The van der Waals surface area contributed by atoms with Gasteiger partial charge in [-0.2, -0.15) is 0 Å². The molecular formula is C18H15F2NO3. The third-order valence-corrected chi connectivity index (χ3v) is 4.25. The number of benzene rings is 2. The van der Waals surface area contributed by atoms with E-state index < -0.39 is 17.7 Å². The zero-order valence-electron chi connectivity index (χ0n) is 12.8. The molecule has 2 aromatic rings. The van der Waals surface area contributed by atoms with Crippen molar-refractivity contribution < 1.29 is 23.0 Å². The largest absolute Gasteiger partial charge is 0.485 e. The van der Waals surface area contributed by atoms with Crippen LogP contribution in [0.4, 0.5) is 14.5 Å². The van der Waals surface area contributed by atoms with Crippen molar-refractivity contribution in [2.24, 2.45) is 0 Å². The first kappa shape index (κ1) is 14.9. The Kier molecular flexibility index (Phi) is 3.59. The number of aryl methyl sites for hydroxylation is 1. The maximum atomic E-state index is 14.2. The van der Waals surface area contributed by atoms with E-state index in [4.69, 9.17) is 9.47 Å². The summed E-state index contributed by atoms with van der Waals surface area (Å²) in [4.78, 5) is 14.2. The summed E-state index contributed by atoms with van der Waals surface area (Å²) in [5.41, 5.74) is 0.652. The third kappa shape index (κ3) is 2.48. The van der Waals surface area contributed by atoms with Crippen molar-refractivity contribution in [1.82, 2.24) is 0 Å². The molecule has 1 amide bonds. The zero-order valence-corrected chi connectivity index (χ0v) is 12.8. The Bertz CT molecular complexity index is 809. The number of amides is 1. The van der Waals surface area contributed by atoms with Gasteiger partial charge in [0.2, 0.25) is 6.10 Å². The molecule has 24 heavy (non-hydrogen) atoms. The number of hydrogen-bond acceptors (Lipinski definition) is 3. The van der Waals surface area contributed by atoms with E-state index in [0.29, 0.717) is 36.4 Å². The number of anilines is 1. The average molecular weight is 331 g/mol. The lowest BCUT2D eigenvalue weighted by Gasteiger charge is -2.34. The molecule has 0 bridgehead atoms. The molecule has 4 rings (SSSR count). The van der Waals surface area contributed by atoms with Crippen LogP contribution in [0.5, 0.6) is 11.5 Å². The molecule has 0 radical (unpaired) electrons. The van der Waals surface area contributed by atoms with E-state index in [1.807, 2.05) is 6.07 Å². The van der Waals surface area contributed by atoms with Gasteiger partial charge < -0.3 is 14.4 Å². The summed E-state index contributed by atoms with van der Waals surface area (Å²) in [6, 6.07) is 9.16. The number of nitrogens with zero attached hydrogens (tertiary/aromatic N) is 1. The van der Waals surface area contributed by atoms with Gasteiger partial charge >= 0.3 is 0 Å². The predicted molar refractivity (Wildman–Crippen MR) is 83.4 cm³/mol. The van der Waals surface area contributed by atoms with Gasteiger partial charge in [0.05, 0.1) is 5.69 Å². The molecule has 0 saturated heterocycles. The van der Waals surface area contributed by atoms with Gasteiger partial charge in [-0.3, -0.25) is 4.79 Å². The summed E-state index contributed by atoms with van der Waals surface area (Å²) in [5, 5.41) is 0. The Morgan fingerprint density at radius 1 is 1.17 bits per heavy atom. The molecule has 0 spiro atoms. The molecule has 2 aliphatic rings. The van der Waals surface area contributed by atoms with Gasteiger partial charge in [0, 0.05) is 12.6 Å². The minimum Gasteiger partial charge on any atom is -0.485 e. The van der Waals surface area contributed by atoms with E-state index in [0.717, 1.165) is 6.07 Å². The van der Waals surface area contributed by atoms with Crippen LogP contribution in [0.2, 0.25) is 0 Å². The van der Waals surface area contributed by atoms with Gasteiger partial charge in [-0.1, -0.05) is 12.1 Å². The Labute approximate surface area is 137 Å². The molecular weight excluding hydrogens is 316 g/mol. The highest BCUT2D eigenvalue weighted by atomic mass is 19.1. The van der Waals surface area contributed by atoms with Gasteiger partial charge in [0.1, 0.15) is 18.2 Å². The standard InChI is InChI=1S/C18H15F2NO3/c19-12-8-11-4-3-7-21(17(11)13(20)9-12)18(22)16-10-23-14-5-1-2-6-15(14)24-16/h1-2,5-6,8-9,16H,3-4,7,10H2/t16-/m0/s1. The van der Waals surface area contributed by atoms with Crippen LogP contribution in [-0.4, -0.2) is 25.2 Å². The number of fused-ring (bicyclic) bond motifs is 2. The minimum absolute atomic E-state index is 0.0600. The number of halogens is 2. The van der Waals surface area contributed by atoms with E-state index in [1.165, 1.54) is 11.0 Å². The van der Waals surface area contributed by atoms with Crippen LogP contribution in [0.15, 0.2) is 36.4 Å². The first-order chi connectivity index (χ1) is 11.6. The van der Waals surface area contributed by atoms with Crippen molar-refractivity contribution in [3.8, 4) is 11.5 Å². The maximum absolute atomic E-state index is 14.2. The lowest BCUT2D eigenvalue weighted by Crippen LogP contribution is -2.48. The number of hydrogen-bond donors (Lipinski definition) is 0. The topological polar surface area (TPSA) is 38.8 Å². The Hall–Kier alpha value is -2.63. The van der Waals surface area contributed by atoms with Gasteiger partial charge in [-0.05, 0) is 36.6 Å². The summed E-state index contributed by atoms with van der Waals surface area (Å²) in [6.07, 6.45) is 0.333. The molecule has 4 nitrogen and oxygen atoms in total. The fourth-order valence-corrected chi connectivity index (χ4v) is 3.19. The third-order valence-electron chi connectivity index (χ3n) is 4.25. The summed E-state index contributed by atoms with van der Waals surface area (Å²) < 4.78 is 38.9. The van der Waals surface area contributed by atoms with Gasteiger partial charge in [0.25, 0.3) is 5.91 Å². The van der Waals surface area contributed by atoms with Crippen LogP contribution < -0.4 is 14.4 Å². The van der Waals surface area contributed by atoms with E-state index in [-0.39, 0.29) is 18.2 Å². The smallest absolute Gasteiger partial charge is 0.271 e. The molecule has 0 aliphatic carbocycles. The zero-order chi connectivity index (χ0) is 16.7. The maximum Gasteiger partial charge on any atom is 0.271 e. The molecule has 2 heterocycles. The Balaban J connectivity index is 1.63. The summed E-state index contributed by atoms with van der Waals surface area (Å²) in [5.74, 6) is -0.675. The molecule has 1 atom stereocenters. The molecule has 0 unspecified atom stereocenters. The second kappa shape index (κ2) is 5.78. The highest BCUT2D eigenvalue weighted by molar-refractivity contribution is 5.98. The van der Waals surface area contributed by atoms with Crippen LogP contribution in [0, 0.1) is 11.6 Å². The molecule has 6 heteroatoms. The van der Waals surface area contributed by atoms with Crippen LogP contribution >= 0.6 is 0 Å². The van der Waals surface area contributed by atoms with Crippen molar-refractivity contribution >= 4 is 11.6 Å². The number of carbonyl (C=O) groups is 1. The number of rotatable bonds is 1. The second-order valence-corrected chi connectivity index (χ2v) is 5.85. The van der Waals surface area contributed by atoms with E-state index in [9.17, 15) is 13.6 Å². The van der Waals surface area contributed by atoms with Crippen molar-refractivity contribution in [3.05, 3.63) is 53.6 Å². The summed E-state index contributed by atoms with van der Waals surface area (Å²) in [6.45, 7) is 0.431. The molecule has 2 aromatic carbocycles. The molecule has 124 valence electrons. The lowest BCUT2D eigenvalue weighted by molar-refractivity contribution is -0.127. The number of carbonyl (C=O) groups excluding carboxylic acids is 1. The first-order valence-electron chi connectivity index (χ1n) is 7.81. The monoisotopic (exact) mass is 331 g/mol. The summed E-state index contributed by atoms with van der Waals surface area (Å²) in [7, 11) is 0. The highest BCUT2D eigenvalue weighted by Gasteiger charge is 2.35. The SMILES string of the molecule is O=C([C@@H]1COc2ccccc2O1)N1CCCc2cc(F)cc(F)c21. The second-order valence-electron chi connectivity index (χ2n) is 5.85. The van der Waals surface area contributed by atoms with Gasteiger partial charge in [0.15, 0.2) is 11.5 Å². The highest BCUT2D eigenvalue weighted by Crippen LogP contribution is 2.34. The van der Waals surface area contributed by atoms with Crippen LogP contribution in [0.25, 0.3) is 0 Å². The Morgan fingerprint density at radius 2 is 1.96 bits per heavy atom. The molecule has 0 N–H and O–H groups in total.